The smallest absolute Gasteiger partial charge is 0.270 e. The van der Waals surface area contributed by atoms with Crippen LogP contribution in [-0.2, 0) is 0 Å². The Kier molecular flexibility index (Phi) is 4.24. The molecule has 0 aliphatic carbocycles. The van der Waals surface area contributed by atoms with Crippen LogP contribution in [0.2, 0.25) is 0 Å². The highest BCUT2D eigenvalue weighted by molar-refractivity contribution is 7.14. The van der Waals surface area contributed by atoms with Crippen LogP contribution >= 0.6 is 11.3 Å². The maximum atomic E-state index is 12.3. The van der Waals surface area contributed by atoms with Crippen LogP contribution in [-0.4, -0.2) is 40.4 Å². The van der Waals surface area contributed by atoms with Gasteiger partial charge in [-0.1, -0.05) is 6.92 Å². The third-order valence-electron chi connectivity index (χ3n) is 3.63. The van der Waals surface area contributed by atoms with Crippen LogP contribution in [0.4, 0.5) is 5.13 Å². The first kappa shape index (κ1) is 14.1. The van der Waals surface area contributed by atoms with E-state index in [4.69, 9.17) is 0 Å². The number of nitrogens with one attached hydrogen (secondary N) is 2. The molecule has 2 N–H and O–H groups in total. The molecular weight excluding hydrogens is 284 g/mol. The minimum absolute atomic E-state index is 0.0957. The number of H-pyrrole nitrogens is 1. The van der Waals surface area contributed by atoms with Gasteiger partial charge in [0.25, 0.3) is 5.91 Å². The number of rotatable bonds is 5. The Morgan fingerprint density at radius 3 is 3.05 bits per heavy atom. The molecule has 5 nitrogen and oxygen atoms in total. The van der Waals surface area contributed by atoms with Crippen molar-refractivity contribution in [1.29, 1.82) is 0 Å². The van der Waals surface area contributed by atoms with Gasteiger partial charge in [0, 0.05) is 36.8 Å². The molecule has 2 aromatic heterocycles. The summed E-state index contributed by atoms with van der Waals surface area (Å²) in [6, 6.07) is 1.90. The van der Waals surface area contributed by atoms with E-state index in [1.807, 2.05) is 22.5 Å². The van der Waals surface area contributed by atoms with Crippen LogP contribution in [0.25, 0.3) is 11.3 Å². The van der Waals surface area contributed by atoms with E-state index in [9.17, 15) is 4.79 Å². The maximum absolute atomic E-state index is 12.3. The molecule has 0 unspecified atom stereocenters. The topological polar surface area (TPSA) is 61.0 Å². The normalized spacial score (nSPS) is 14.6. The van der Waals surface area contributed by atoms with Gasteiger partial charge in [-0.3, -0.25) is 4.79 Å². The molecule has 112 valence electrons. The van der Waals surface area contributed by atoms with Gasteiger partial charge in [0.1, 0.15) is 5.69 Å². The molecule has 1 aliphatic rings. The first-order valence-corrected chi connectivity index (χ1v) is 8.33. The Labute approximate surface area is 128 Å². The standard InChI is InChI=1S/C15H20N4OS/c1-2-5-16-15-18-13(10-21-15)11-8-12(17-9-11)14(20)19-6-3-4-7-19/h8-10,17H,2-7H2,1H3,(H,16,18). The largest absolute Gasteiger partial charge is 0.362 e. The lowest BCUT2D eigenvalue weighted by Gasteiger charge is -2.13. The molecule has 1 fully saturated rings. The van der Waals surface area contributed by atoms with Crippen LogP contribution in [0.3, 0.4) is 0 Å². The number of hydrogen-bond donors (Lipinski definition) is 2. The summed E-state index contributed by atoms with van der Waals surface area (Å²) >= 11 is 1.60. The SMILES string of the molecule is CCCNc1nc(-c2c[nH]c(C(=O)N3CCCC3)c2)cs1. The summed E-state index contributed by atoms with van der Waals surface area (Å²) in [4.78, 5) is 21.8. The predicted octanol–water partition coefficient (Wildman–Crippen LogP) is 3.20. The van der Waals surface area contributed by atoms with Crippen molar-refractivity contribution in [2.75, 3.05) is 25.0 Å². The highest BCUT2D eigenvalue weighted by Gasteiger charge is 2.21. The number of thiazole rings is 1. The quantitative estimate of drug-likeness (QED) is 0.891. The van der Waals surface area contributed by atoms with Gasteiger partial charge in [-0.2, -0.15) is 0 Å². The average Bonchev–Trinajstić information content (AvgIpc) is 3.24. The third-order valence-corrected chi connectivity index (χ3v) is 4.43. The highest BCUT2D eigenvalue weighted by atomic mass is 32.1. The number of aromatic nitrogens is 2. The number of nitrogens with zero attached hydrogens (tertiary/aromatic N) is 2. The Morgan fingerprint density at radius 2 is 2.29 bits per heavy atom. The first-order chi connectivity index (χ1) is 10.3. The summed E-state index contributed by atoms with van der Waals surface area (Å²) in [5.74, 6) is 0.0957. The van der Waals surface area contributed by atoms with E-state index in [1.165, 1.54) is 0 Å². The van der Waals surface area contributed by atoms with Gasteiger partial charge in [0.05, 0.1) is 5.69 Å². The fourth-order valence-electron chi connectivity index (χ4n) is 2.48. The Bertz CT molecular complexity index is 613. The zero-order valence-corrected chi connectivity index (χ0v) is 13.0. The highest BCUT2D eigenvalue weighted by Crippen LogP contribution is 2.26. The van der Waals surface area contributed by atoms with E-state index in [0.29, 0.717) is 5.69 Å². The number of hydrogen-bond acceptors (Lipinski definition) is 4. The summed E-state index contributed by atoms with van der Waals surface area (Å²) in [5.41, 5.74) is 2.54. The second kappa shape index (κ2) is 6.30. The van der Waals surface area contributed by atoms with Gasteiger partial charge in [0.2, 0.25) is 0 Å². The molecule has 0 spiro atoms. The van der Waals surface area contributed by atoms with Crippen LogP contribution in [0.5, 0.6) is 0 Å². The van der Waals surface area contributed by atoms with Gasteiger partial charge >= 0.3 is 0 Å². The van der Waals surface area contributed by atoms with Crippen LogP contribution in [0.1, 0.15) is 36.7 Å². The van der Waals surface area contributed by atoms with Crippen LogP contribution < -0.4 is 5.32 Å². The van der Waals surface area contributed by atoms with Gasteiger partial charge in [0.15, 0.2) is 5.13 Å². The molecule has 0 atom stereocenters. The van der Waals surface area contributed by atoms with Crippen molar-refractivity contribution in [1.82, 2.24) is 14.9 Å². The maximum Gasteiger partial charge on any atom is 0.270 e. The number of aromatic amines is 1. The van der Waals surface area contributed by atoms with Crippen molar-refractivity contribution in [2.45, 2.75) is 26.2 Å². The van der Waals surface area contributed by atoms with Crippen molar-refractivity contribution in [3.05, 3.63) is 23.3 Å². The second-order valence-corrected chi connectivity index (χ2v) is 6.12. The minimum atomic E-state index is 0.0957. The van der Waals surface area contributed by atoms with Crippen molar-refractivity contribution in [3.8, 4) is 11.3 Å². The van der Waals surface area contributed by atoms with E-state index < -0.39 is 0 Å². The van der Waals surface area contributed by atoms with Gasteiger partial charge in [-0.05, 0) is 25.3 Å². The van der Waals surface area contributed by atoms with Gasteiger partial charge < -0.3 is 15.2 Å². The first-order valence-electron chi connectivity index (χ1n) is 7.45. The molecule has 0 bridgehead atoms. The summed E-state index contributed by atoms with van der Waals surface area (Å²) in [5, 5.41) is 6.23. The molecule has 0 aromatic carbocycles. The zero-order valence-electron chi connectivity index (χ0n) is 12.2. The number of carbonyl (C=O) groups is 1. The number of anilines is 1. The fourth-order valence-corrected chi connectivity index (χ4v) is 3.22. The Balaban J connectivity index is 1.72. The summed E-state index contributed by atoms with van der Waals surface area (Å²) < 4.78 is 0. The number of amides is 1. The van der Waals surface area contributed by atoms with Crippen LogP contribution in [0.15, 0.2) is 17.6 Å². The van der Waals surface area contributed by atoms with Crippen molar-refractivity contribution < 1.29 is 4.79 Å². The van der Waals surface area contributed by atoms with E-state index in [-0.39, 0.29) is 5.91 Å². The lowest BCUT2D eigenvalue weighted by Crippen LogP contribution is -2.27. The molecule has 0 radical (unpaired) electrons. The Morgan fingerprint density at radius 1 is 1.48 bits per heavy atom. The molecule has 1 saturated heterocycles. The number of carbonyl (C=O) groups excluding carboxylic acids is 1. The van der Waals surface area contributed by atoms with Crippen molar-refractivity contribution in [2.24, 2.45) is 0 Å². The summed E-state index contributed by atoms with van der Waals surface area (Å²) in [6.45, 7) is 4.80. The summed E-state index contributed by atoms with van der Waals surface area (Å²) in [7, 11) is 0. The predicted molar refractivity (Wildman–Crippen MR) is 85.8 cm³/mol. The molecular formula is C15H20N4OS. The average molecular weight is 304 g/mol. The lowest BCUT2D eigenvalue weighted by molar-refractivity contribution is 0.0788. The van der Waals surface area contributed by atoms with E-state index in [2.05, 4.69) is 22.2 Å². The van der Waals surface area contributed by atoms with E-state index in [1.54, 1.807) is 11.3 Å². The monoisotopic (exact) mass is 304 g/mol. The van der Waals surface area contributed by atoms with E-state index in [0.717, 1.165) is 55.3 Å². The molecule has 3 heterocycles. The molecule has 6 heteroatoms. The molecule has 0 saturated carbocycles. The molecule has 3 rings (SSSR count). The van der Waals surface area contributed by atoms with Crippen LogP contribution in [0, 0.1) is 0 Å². The zero-order chi connectivity index (χ0) is 14.7. The van der Waals surface area contributed by atoms with Gasteiger partial charge in [-0.25, -0.2) is 4.98 Å². The number of likely N-dealkylation sites (tertiary alicyclic amines) is 1. The lowest BCUT2D eigenvalue weighted by atomic mass is 10.2. The van der Waals surface area contributed by atoms with Crippen molar-refractivity contribution >= 4 is 22.4 Å². The van der Waals surface area contributed by atoms with E-state index >= 15 is 0 Å². The molecule has 2 aromatic rings. The van der Waals surface area contributed by atoms with Gasteiger partial charge in [-0.15, -0.1) is 11.3 Å². The van der Waals surface area contributed by atoms with Crippen molar-refractivity contribution in [3.63, 3.8) is 0 Å². The molecule has 1 aliphatic heterocycles. The summed E-state index contributed by atoms with van der Waals surface area (Å²) in [6.07, 6.45) is 5.16. The fraction of sp³-hybridized carbons (Fsp3) is 0.467. The third kappa shape index (κ3) is 3.10. The molecule has 1 amide bonds. The second-order valence-electron chi connectivity index (χ2n) is 5.27. The minimum Gasteiger partial charge on any atom is -0.362 e. The molecule has 21 heavy (non-hydrogen) atoms. The Hall–Kier alpha value is -1.82.